The molecule has 25 heavy (non-hydrogen) atoms. The molecule has 0 radical (unpaired) electrons. The zero-order valence-electron chi connectivity index (χ0n) is 14.9. The van der Waals surface area contributed by atoms with E-state index in [9.17, 15) is 4.79 Å². The highest BCUT2D eigenvalue weighted by atomic mass is 16.1. The number of aryl methyl sites for hydroxylation is 1. The van der Waals surface area contributed by atoms with E-state index in [1.165, 1.54) is 0 Å². The molecule has 0 atom stereocenters. The summed E-state index contributed by atoms with van der Waals surface area (Å²) in [6, 6.07) is 23.5. The fourth-order valence-electron chi connectivity index (χ4n) is 3.01. The minimum absolute atomic E-state index is 0.0197. The van der Waals surface area contributed by atoms with Crippen LogP contribution in [0.25, 0.3) is 22.0 Å². The molecule has 0 bridgehead atoms. The second-order valence-corrected chi connectivity index (χ2v) is 6.04. The summed E-state index contributed by atoms with van der Waals surface area (Å²) in [7, 11) is 0. The third-order valence-electron chi connectivity index (χ3n) is 4.37. The molecule has 0 aliphatic carbocycles. The van der Waals surface area contributed by atoms with Crippen LogP contribution >= 0.6 is 0 Å². The molecule has 1 heterocycles. The summed E-state index contributed by atoms with van der Waals surface area (Å²) in [6.07, 6.45) is 0. The highest BCUT2D eigenvalue weighted by molar-refractivity contribution is 5.77. The first-order valence-electron chi connectivity index (χ1n) is 8.74. The van der Waals surface area contributed by atoms with Gasteiger partial charge in [-0.25, -0.2) is 4.98 Å². The van der Waals surface area contributed by atoms with Crippen LogP contribution in [-0.2, 0) is 6.54 Å². The van der Waals surface area contributed by atoms with Crippen molar-refractivity contribution in [2.45, 2.75) is 13.5 Å². The van der Waals surface area contributed by atoms with Gasteiger partial charge in [0.1, 0.15) is 5.82 Å². The van der Waals surface area contributed by atoms with Crippen LogP contribution < -0.4 is 5.56 Å². The third kappa shape index (κ3) is 2.96. The molecule has 0 amide bonds. The topological polar surface area (TPSA) is 34.9 Å². The maximum atomic E-state index is 12.8. The Balaban J connectivity index is 1.69. The lowest BCUT2D eigenvalue weighted by molar-refractivity contribution is 0.713. The van der Waals surface area contributed by atoms with Gasteiger partial charge in [-0.15, -0.1) is 0 Å². The molecule has 0 spiro atoms. The predicted octanol–water partition coefficient (Wildman–Crippen LogP) is 4.42. The summed E-state index contributed by atoms with van der Waals surface area (Å²) in [5.41, 5.74) is 3.64. The van der Waals surface area contributed by atoms with Crippen LogP contribution in [0.1, 0.15) is 12.8 Å². The van der Waals surface area contributed by atoms with Crippen molar-refractivity contribution in [3.63, 3.8) is 0 Å². The van der Waals surface area contributed by atoms with Gasteiger partial charge >= 0.3 is 0 Å². The molecule has 1 aromatic heterocycles. The van der Waals surface area contributed by atoms with Gasteiger partial charge in [-0.3, -0.25) is 9.36 Å². The van der Waals surface area contributed by atoms with Crippen LogP contribution in [-0.4, -0.2) is 9.55 Å². The quantitative estimate of drug-likeness (QED) is 0.558. The van der Waals surface area contributed by atoms with Crippen molar-refractivity contribution in [1.29, 1.82) is 0 Å². The molecule has 3 heteroatoms. The first-order valence-corrected chi connectivity index (χ1v) is 8.24. The SMILES string of the molecule is [2H]c1ccccc1-c1ccc(Cn2c(C)nc3ccccc3c2=O)cc1. The Morgan fingerprint density at radius 3 is 2.48 bits per heavy atom. The smallest absolute Gasteiger partial charge is 0.261 e. The Labute approximate surface area is 147 Å². The first-order chi connectivity index (χ1) is 12.6. The maximum absolute atomic E-state index is 12.8. The Morgan fingerprint density at radius 2 is 1.68 bits per heavy atom. The predicted molar refractivity (Wildman–Crippen MR) is 102 cm³/mol. The van der Waals surface area contributed by atoms with E-state index >= 15 is 0 Å². The van der Waals surface area contributed by atoms with Gasteiger partial charge in [-0.05, 0) is 35.7 Å². The standard InChI is InChI=1S/C22H18N2O/c1-16-23-21-10-6-5-9-20(21)22(25)24(16)15-17-11-13-19(14-12-17)18-7-3-2-4-8-18/h2-14H,15H2,1H3/i7D. The van der Waals surface area contributed by atoms with Crippen molar-refractivity contribution in [2.24, 2.45) is 0 Å². The lowest BCUT2D eigenvalue weighted by atomic mass is 10.0. The van der Waals surface area contributed by atoms with Gasteiger partial charge in [0.25, 0.3) is 5.56 Å². The van der Waals surface area contributed by atoms with E-state index in [0.717, 1.165) is 22.2 Å². The number of fused-ring (bicyclic) bond motifs is 1. The number of hydrogen-bond acceptors (Lipinski definition) is 2. The summed E-state index contributed by atoms with van der Waals surface area (Å²) < 4.78 is 9.72. The minimum Gasteiger partial charge on any atom is -0.292 e. The molecule has 0 saturated carbocycles. The Hall–Kier alpha value is -3.20. The third-order valence-corrected chi connectivity index (χ3v) is 4.37. The average Bonchev–Trinajstić information content (AvgIpc) is 2.66. The van der Waals surface area contributed by atoms with Crippen LogP contribution in [0.15, 0.2) is 83.6 Å². The number of para-hydroxylation sites is 1. The molecule has 0 unspecified atom stereocenters. The number of nitrogens with zero attached hydrogens (tertiary/aromatic N) is 2. The number of aromatic nitrogens is 2. The molecule has 0 saturated heterocycles. The van der Waals surface area contributed by atoms with Gasteiger partial charge in [0.2, 0.25) is 0 Å². The molecule has 4 aromatic rings. The van der Waals surface area contributed by atoms with Crippen LogP contribution in [0.3, 0.4) is 0 Å². The zero-order valence-corrected chi connectivity index (χ0v) is 13.9. The van der Waals surface area contributed by atoms with Crippen LogP contribution in [0.4, 0.5) is 0 Å². The van der Waals surface area contributed by atoms with E-state index in [1.807, 2.05) is 73.7 Å². The first kappa shape index (κ1) is 14.2. The Kier molecular flexibility index (Phi) is 3.61. The molecule has 0 fully saturated rings. The summed E-state index contributed by atoms with van der Waals surface area (Å²) in [6.45, 7) is 2.34. The fourth-order valence-corrected chi connectivity index (χ4v) is 3.01. The van der Waals surface area contributed by atoms with E-state index in [0.29, 0.717) is 23.8 Å². The van der Waals surface area contributed by atoms with Crippen LogP contribution in [0.2, 0.25) is 0 Å². The lowest BCUT2D eigenvalue weighted by Gasteiger charge is -2.11. The molecule has 0 N–H and O–H groups in total. The number of hydrogen-bond donors (Lipinski definition) is 0. The molecule has 3 nitrogen and oxygen atoms in total. The molecule has 0 aliphatic rings. The van der Waals surface area contributed by atoms with Crippen molar-refractivity contribution in [3.8, 4) is 11.1 Å². The second kappa shape index (κ2) is 6.36. The van der Waals surface area contributed by atoms with Gasteiger partial charge < -0.3 is 0 Å². The monoisotopic (exact) mass is 327 g/mol. The second-order valence-electron chi connectivity index (χ2n) is 6.04. The highest BCUT2D eigenvalue weighted by Crippen LogP contribution is 2.19. The Bertz CT molecular complexity index is 1150. The summed E-state index contributed by atoms with van der Waals surface area (Å²) in [5.74, 6) is 0.703. The molecular formula is C22H18N2O. The van der Waals surface area contributed by atoms with E-state index in [1.54, 1.807) is 10.6 Å². The lowest BCUT2D eigenvalue weighted by Crippen LogP contribution is -2.24. The van der Waals surface area contributed by atoms with Gasteiger partial charge in [-0.2, -0.15) is 0 Å². The van der Waals surface area contributed by atoms with E-state index < -0.39 is 0 Å². The van der Waals surface area contributed by atoms with E-state index in [2.05, 4.69) is 4.98 Å². The maximum Gasteiger partial charge on any atom is 0.261 e. The average molecular weight is 327 g/mol. The van der Waals surface area contributed by atoms with Gasteiger partial charge in [0.05, 0.1) is 18.8 Å². The van der Waals surface area contributed by atoms with Crippen LogP contribution in [0.5, 0.6) is 0 Å². The van der Waals surface area contributed by atoms with E-state index in [4.69, 9.17) is 1.37 Å². The van der Waals surface area contributed by atoms with Gasteiger partial charge in [0, 0.05) is 0 Å². The fraction of sp³-hybridized carbons (Fsp3) is 0.0909. The normalized spacial score (nSPS) is 11.5. The molecule has 0 aliphatic heterocycles. The van der Waals surface area contributed by atoms with Crippen molar-refractivity contribution >= 4 is 10.9 Å². The number of benzene rings is 3. The molecular weight excluding hydrogens is 308 g/mol. The van der Waals surface area contributed by atoms with Crippen molar-refractivity contribution in [3.05, 3.63) is 101 Å². The number of rotatable bonds is 3. The van der Waals surface area contributed by atoms with Crippen molar-refractivity contribution in [2.75, 3.05) is 0 Å². The van der Waals surface area contributed by atoms with Gasteiger partial charge in [0.15, 0.2) is 0 Å². The van der Waals surface area contributed by atoms with E-state index in [-0.39, 0.29) is 5.56 Å². The zero-order chi connectivity index (χ0) is 18.1. The van der Waals surface area contributed by atoms with Gasteiger partial charge in [-0.1, -0.05) is 66.7 Å². The highest BCUT2D eigenvalue weighted by Gasteiger charge is 2.08. The summed E-state index contributed by atoms with van der Waals surface area (Å²) in [5, 5.41) is 0.637. The van der Waals surface area contributed by atoms with Crippen molar-refractivity contribution in [1.82, 2.24) is 9.55 Å². The molecule has 3 aromatic carbocycles. The summed E-state index contributed by atoms with van der Waals surface area (Å²) >= 11 is 0. The largest absolute Gasteiger partial charge is 0.292 e. The Morgan fingerprint density at radius 1 is 0.920 bits per heavy atom. The molecule has 122 valence electrons. The minimum atomic E-state index is -0.0197. The van der Waals surface area contributed by atoms with Crippen LogP contribution in [0, 0.1) is 6.92 Å². The summed E-state index contributed by atoms with van der Waals surface area (Å²) in [4.78, 5) is 17.3. The molecule has 4 rings (SSSR count). The van der Waals surface area contributed by atoms with Crippen molar-refractivity contribution < 1.29 is 1.37 Å².